The van der Waals surface area contributed by atoms with Crippen LogP contribution < -0.4 is 0 Å². The van der Waals surface area contributed by atoms with Gasteiger partial charge in [0.05, 0.1) is 0 Å². The van der Waals surface area contributed by atoms with Crippen LogP contribution in [0.25, 0.3) is 0 Å². The zero-order chi connectivity index (χ0) is 9.68. The lowest BCUT2D eigenvalue weighted by molar-refractivity contribution is 0.181. The molecule has 0 aromatic heterocycles. The predicted molar refractivity (Wildman–Crippen MR) is 58.1 cm³/mol. The Hall–Kier alpha value is -0.0800. The van der Waals surface area contributed by atoms with Crippen LogP contribution in [0, 0.1) is 0 Å². The van der Waals surface area contributed by atoms with Crippen LogP contribution in [0.2, 0.25) is 0 Å². The second kappa shape index (κ2) is 5.61. The van der Waals surface area contributed by atoms with Gasteiger partial charge >= 0.3 is 0 Å². The Morgan fingerprint density at radius 2 is 1.69 bits per heavy atom. The molecule has 0 amide bonds. The van der Waals surface area contributed by atoms with Crippen molar-refractivity contribution < 1.29 is 0 Å². The smallest absolute Gasteiger partial charge is 0.0194 e. The first-order chi connectivity index (χ1) is 6.27. The Kier molecular flexibility index (Phi) is 4.74. The maximum absolute atomic E-state index is 2.62. The van der Waals surface area contributed by atoms with Crippen molar-refractivity contribution in [2.45, 2.75) is 39.7 Å². The molecule has 2 heteroatoms. The largest absolute Gasteiger partial charge is 0.302 e. The number of likely N-dealkylation sites (tertiary alicyclic amines) is 1. The van der Waals surface area contributed by atoms with Gasteiger partial charge in [0.1, 0.15) is 0 Å². The predicted octanol–water partition coefficient (Wildman–Crippen LogP) is 1.81. The number of rotatable bonds is 5. The highest BCUT2D eigenvalue weighted by Crippen LogP contribution is 2.12. The Balaban J connectivity index is 2.25. The molecule has 1 saturated heterocycles. The molecule has 1 rings (SSSR count). The molecule has 0 radical (unpaired) electrons. The SMILES string of the molecule is CCN(CC)CC(C)N1CCCC1. The lowest BCUT2D eigenvalue weighted by Gasteiger charge is -2.29. The molecule has 0 spiro atoms. The molecule has 1 aliphatic heterocycles. The minimum absolute atomic E-state index is 0.752. The summed E-state index contributed by atoms with van der Waals surface area (Å²) in [6.07, 6.45) is 2.81. The van der Waals surface area contributed by atoms with Gasteiger partial charge in [-0.25, -0.2) is 0 Å². The van der Waals surface area contributed by atoms with E-state index in [1.807, 2.05) is 0 Å². The van der Waals surface area contributed by atoms with Gasteiger partial charge in [0.15, 0.2) is 0 Å². The van der Waals surface area contributed by atoms with E-state index >= 15 is 0 Å². The van der Waals surface area contributed by atoms with Crippen LogP contribution in [-0.2, 0) is 0 Å². The number of hydrogen-bond acceptors (Lipinski definition) is 2. The molecule has 0 saturated carbocycles. The average molecular weight is 184 g/mol. The summed E-state index contributed by atoms with van der Waals surface area (Å²) in [7, 11) is 0. The van der Waals surface area contributed by atoms with Gasteiger partial charge in [0, 0.05) is 12.6 Å². The molecule has 0 aromatic carbocycles. The maximum Gasteiger partial charge on any atom is 0.0194 e. The minimum atomic E-state index is 0.752. The highest BCUT2D eigenvalue weighted by atomic mass is 15.2. The molecule has 0 aromatic rings. The standard InChI is InChI=1S/C11H24N2/c1-4-12(5-2)10-11(3)13-8-6-7-9-13/h11H,4-10H2,1-3H3. The normalized spacial score (nSPS) is 21.2. The van der Waals surface area contributed by atoms with Crippen LogP contribution in [0.15, 0.2) is 0 Å². The zero-order valence-electron chi connectivity index (χ0n) is 9.42. The van der Waals surface area contributed by atoms with Crippen molar-refractivity contribution in [1.29, 1.82) is 0 Å². The van der Waals surface area contributed by atoms with Crippen LogP contribution in [0.1, 0.15) is 33.6 Å². The summed E-state index contributed by atoms with van der Waals surface area (Å²) in [5, 5.41) is 0. The molecule has 1 aliphatic rings. The van der Waals surface area contributed by atoms with Gasteiger partial charge < -0.3 is 4.90 Å². The Labute approximate surface area is 82.9 Å². The van der Waals surface area contributed by atoms with Gasteiger partial charge in [-0.05, 0) is 45.9 Å². The van der Waals surface area contributed by atoms with Crippen molar-refractivity contribution in [3.05, 3.63) is 0 Å². The van der Waals surface area contributed by atoms with E-state index in [4.69, 9.17) is 0 Å². The molecule has 1 atom stereocenters. The molecular formula is C11H24N2. The van der Waals surface area contributed by atoms with Crippen molar-refractivity contribution in [2.75, 3.05) is 32.7 Å². The van der Waals surface area contributed by atoms with Crippen LogP contribution >= 0.6 is 0 Å². The Bertz CT molecular complexity index is 126. The third-order valence-corrected chi connectivity index (χ3v) is 3.18. The van der Waals surface area contributed by atoms with Gasteiger partial charge in [0.25, 0.3) is 0 Å². The molecule has 0 aliphatic carbocycles. The third kappa shape index (κ3) is 3.28. The summed E-state index contributed by atoms with van der Waals surface area (Å²) in [4.78, 5) is 5.14. The fraction of sp³-hybridized carbons (Fsp3) is 1.00. The number of nitrogens with zero attached hydrogens (tertiary/aromatic N) is 2. The summed E-state index contributed by atoms with van der Waals surface area (Å²) in [5.41, 5.74) is 0. The monoisotopic (exact) mass is 184 g/mol. The van der Waals surface area contributed by atoms with Crippen molar-refractivity contribution in [3.63, 3.8) is 0 Å². The van der Waals surface area contributed by atoms with E-state index in [0.717, 1.165) is 6.04 Å². The van der Waals surface area contributed by atoms with Crippen molar-refractivity contribution >= 4 is 0 Å². The quantitative estimate of drug-likeness (QED) is 0.643. The highest BCUT2D eigenvalue weighted by molar-refractivity contribution is 4.75. The van der Waals surface area contributed by atoms with Gasteiger partial charge in [-0.3, -0.25) is 4.90 Å². The zero-order valence-corrected chi connectivity index (χ0v) is 9.42. The molecule has 2 nitrogen and oxygen atoms in total. The molecule has 1 fully saturated rings. The van der Waals surface area contributed by atoms with Gasteiger partial charge in [0.2, 0.25) is 0 Å². The first-order valence-electron chi connectivity index (χ1n) is 5.74. The van der Waals surface area contributed by atoms with E-state index in [1.165, 1.54) is 45.6 Å². The molecular weight excluding hydrogens is 160 g/mol. The van der Waals surface area contributed by atoms with E-state index in [-0.39, 0.29) is 0 Å². The topological polar surface area (TPSA) is 6.48 Å². The van der Waals surface area contributed by atoms with Crippen LogP contribution in [0.5, 0.6) is 0 Å². The van der Waals surface area contributed by atoms with E-state index in [2.05, 4.69) is 30.6 Å². The third-order valence-electron chi connectivity index (χ3n) is 3.18. The molecule has 13 heavy (non-hydrogen) atoms. The number of likely N-dealkylation sites (N-methyl/N-ethyl adjacent to an activating group) is 1. The van der Waals surface area contributed by atoms with Crippen molar-refractivity contribution in [3.8, 4) is 0 Å². The van der Waals surface area contributed by atoms with E-state index in [0.29, 0.717) is 0 Å². The minimum Gasteiger partial charge on any atom is -0.302 e. The molecule has 0 N–H and O–H groups in total. The molecule has 1 heterocycles. The lowest BCUT2D eigenvalue weighted by Crippen LogP contribution is -2.40. The second-order valence-electron chi connectivity index (χ2n) is 4.08. The molecule has 0 bridgehead atoms. The van der Waals surface area contributed by atoms with Crippen molar-refractivity contribution in [1.82, 2.24) is 9.80 Å². The van der Waals surface area contributed by atoms with Crippen LogP contribution in [0.4, 0.5) is 0 Å². The summed E-state index contributed by atoms with van der Waals surface area (Å²) in [6, 6.07) is 0.752. The summed E-state index contributed by atoms with van der Waals surface area (Å²) in [5.74, 6) is 0. The Morgan fingerprint density at radius 1 is 1.15 bits per heavy atom. The average Bonchev–Trinajstić information content (AvgIpc) is 2.66. The highest BCUT2D eigenvalue weighted by Gasteiger charge is 2.18. The fourth-order valence-electron chi connectivity index (χ4n) is 2.15. The summed E-state index contributed by atoms with van der Waals surface area (Å²) >= 11 is 0. The van der Waals surface area contributed by atoms with Crippen LogP contribution in [-0.4, -0.2) is 48.6 Å². The fourth-order valence-corrected chi connectivity index (χ4v) is 2.15. The maximum atomic E-state index is 2.62. The molecule has 1 unspecified atom stereocenters. The first kappa shape index (κ1) is 11.0. The van der Waals surface area contributed by atoms with Crippen LogP contribution in [0.3, 0.4) is 0 Å². The lowest BCUT2D eigenvalue weighted by atomic mass is 10.2. The molecule has 78 valence electrons. The van der Waals surface area contributed by atoms with Crippen molar-refractivity contribution in [2.24, 2.45) is 0 Å². The van der Waals surface area contributed by atoms with Gasteiger partial charge in [-0.2, -0.15) is 0 Å². The van der Waals surface area contributed by atoms with E-state index in [9.17, 15) is 0 Å². The summed E-state index contributed by atoms with van der Waals surface area (Å²) < 4.78 is 0. The van der Waals surface area contributed by atoms with Gasteiger partial charge in [-0.15, -0.1) is 0 Å². The Morgan fingerprint density at radius 3 is 2.15 bits per heavy atom. The van der Waals surface area contributed by atoms with E-state index < -0.39 is 0 Å². The number of hydrogen-bond donors (Lipinski definition) is 0. The first-order valence-corrected chi connectivity index (χ1v) is 5.74. The van der Waals surface area contributed by atoms with Gasteiger partial charge in [-0.1, -0.05) is 13.8 Å². The second-order valence-corrected chi connectivity index (χ2v) is 4.08. The summed E-state index contributed by atoms with van der Waals surface area (Å²) in [6.45, 7) is 13.1. The van der Waals surface area contributed by atoms with E-state index in [1.54, 1.807) is 0 Å².